The first-order chi connectivity index (χ1) is 14.2. The normalized spacial score (nSPS) is 14.7. The third-order valence-corrected chi connectivity index (χ3v) is 5.08. The topological polar surface area (TPSA) is 151 Å². The Balaban J connectivity index is 2.80. The zero-order valence-electron chi connectivity index (χ0n) is 17.1. The minimum atomic E-state index is -1.22. The van der Waals surface area contributed by atoms with Crippen LogP contribution in [0.1, 0.15) is 25.8 Å². The predicted molar refractivity (Wildman–Crippen MR) is 116 cm³/mol. The van der Waals surface area contributed by atoms with Gasteiger partial charge in [-0.2, -0.15) is 12.6 Å². The number of carbonyl (C=O) groups excluding carboxylic acids is 3. The van der Waals surface area contributed by atoms with Gasteiger partial charge in [-0.1, -0.05) is 50.6 Å². The van der Waals surface area contributed by atoms with E-state index in [1.165, 1.54) is 0 Å². The molecule has 0 heterocycles. The minimum Gasteiger partial charge on any atom is -0.480 e. The summed E-state index contributed by atoms with van der Waals surface area (Å²) < 4.78 is 0. The van der Waals surface area contributed by atoms with Crippen LogP contribution in [-0.4, -0.2) is 59.2 Å². The number of carboxylic acid groups (broad SMARTS) is 1. The molecule has 1 rings (SSSR count). The summed E-state index contributed by atoms with van der Waals surface area (Å²) in [7, 11) is 0. The Hall–Kier alpha value is -2.59. The summed E-state index contributed by atoms with van der Waals surface area (Å²) in [5, 5.41) is 16.3. The number of carbonyl (C=O) groups is 4. The molecule has 0 radical (unpaired) electrons. The summed E-state index contributed by atoms with van der Waals surface area (Å²) in [6.45, 7) is 3.33. The van der Waals surface area contributed by atoms with Gasteiger partial charge in [0.15, 0.2) is 0 Å². The maximum atomic E-state index is 12.7. The molecule has 0 aliphatic rings. The van der Waals surface area contributed by atoms with Crippen LogP contribution in [0.5, 0.6) is 0 Å². The largest absolute Gasteiger partial charge is 0.480 e. The fourth-order valence-electron chi connectivity index (χ4n) is 2.56. The number of hydrogen-bond acceptors (Lipinski definition) is 6. The van der Waals surface area contributed by atoms with Crippen molar-refractivity contribution in [2.45, 2.75) is 44.8 Å². The molecule has 166 valence electrons. The molecule has 0 aromatic heterocycles. The number of carboxylic acids is 1. The van der Waals surface area contributed by atoms with Crippen LogP contribution in [0.15, 0.2) is 30.3 Å². The average molecular weight is 439 g/mol. The van der Waals surface area contributed by atoms with Crippen molar-refractivity contribution in [1.82, 2.24) is 16.0 Å². The quantitative estimate of drug-likeness (QED) is 0.247. The minimum absolute atomic E-state index is 0.0644. The van der Waals surface area contributed by atoms with E-state index in [1.54, 1.807) is 0 Å². The molecule has 4 atom stereocenters. The number of nitrogens with one attached hydrogen (secondary N) is 3. The molecule has 1 aromatic carbocycles. The van der Waals surface area contributed by atoms with Gasteiger partial charge in [0, 0.05) is 12.2 Å². The van der Waals surface area contributed by atoms with E-state index in [0.717, 1.165) is 5.56 Å². The summed E-state index contributed by atoms with van der Waals surface area (Å²) in [5.74, 6) is -3.08. The van der Waals surface area contributed by atoms with E-state index in [2.05, 4.69) is 28.6 Å². The summed E-state index contributed by atoms with van der Waals surface area (Å²) >= 11 is 3.87. The van der Waals surface area contributed by atoms with Crippen molar-refractivity contribution in [3.8, 4) is 0 Å². The number of thiol groups is 1. The molecule has 0 saturated carbocycles. The first-order valence-corrected chi connectivity index (χ1v) is 10.3. The summed E-state index contributed by atoms with van der Waals surface area (Å²) in [5.41, 5.74) is 6.78. The van der Waals surface area contributed by atoms with Crippen molar-refractivity contribution in [3.05, 3.63) is 35.9 Å². The van der Waals surface area contributed by atoms with Gasteiger partial charge in [-0.25, -0.2) is 4.79 Å². The number of aliphatic carboxylic acids is 1. The highest BCUT2D eigenvalue weighted by Gasteiger charge is 2.27. The number of rotatable bonds is 12. The van der Waals surface area contributed by atoms with Crippen LogP contribution < -0.4 is 21.7 Å². The lowest BCUT2D eigenvalue weighted by Gasteiger charge is -2.23. The van der Waals surface area contributed by atoms with Gasteiger partial charge in [0.05, 0.1) is 12.6 Å². The molecular formula is C20H30N4O5S. The van der Waals surface area contributed by atoms with Gasteiger partial charge < -0.3 is 26.8 Å². The third-order valence-electron chi connectivity index (χ3n) is 4.71. The molecule has 10 heteroatoms. The van der Waals surface area contributed by atoms with E-state index in [4.69, 9.17) is 10.8 Å². The Morgan fingerprint density at radius 3 is 2.23 bits per heavy atom. The van der Waals surface area contributed by atoms with Crippen LogP contribution in [0.25, 0.3) is 0 Å². The Kier molecular flexibility index (Phi) is 10.9. The molecule has 4 unspecified atom stereocenters. The molecule has 6 N–H and O–H groups in total. The second-order valence-electron chi connectivity index (χ2n) is 7.02. The molecule has 0 spiro atoms. The van der Waals surface area contributed by atoms with Crippen molar-refractivity contribution in [3.63, 3.8) is 0 Å². The van der Waals surface area contributed by atoms with Crippen LogP contribution in [-0.2, 0) is 25.6 Å². The SMILES string of the molecule is CCC(C)C(N)C(=O)NC(Cc1ccccc1)C(=O)NCC(=O)NC(CS)C(=O)O. The highest BCUT2D eigenvalue weighted by atomic mass is 32.1. The molecule has 1 aromatic rings. The average Bonchev–Trinajstić information content (AvgIpc) is 2.74. The molecular weight excluding hydrogens is 408 g/mol. The van der Waals surface area contributed by atoms with Gasteiger partial charge in [0.1, 0.15) is 12.1 Å². The van der Waals surface area contributed by atoms with Crippen LogP contribution in [0, 0.1) is 5.92 Å². The van der Waals surface area contributed by atoms with Crippen LogP contribution in [0.4, 0.5) is 0 Å². The molecule has 0 aliphatic carbocycles. The van der Waals surface area contributed by atoms with E-state index in [-0.39, 0.29) is 18.1 Å². The molecule has 0 saturated heterocycles. The third kappa shape index (κ3) is 8.42. The maximum absolute atomic E-state index is 12.7. The first-order valence-electron chi connectivity index (χ1n) is 9.70. The monoisotopic (exact) mass is 438 g/mol. The zero-order valence-corrected chi connectivity index (χ0v) is 18.0. The van der Waals surface area contributed by atoms with Gasteiger partial charge >= 0.3 is 5.97 Å². The van der Waals surface area contributed by atoms with Crippen LogP contribution in [0.2, 0.25) is 0 Å². The van der Waals surface area contributed by atoms with Crippen molar-refractivity contribution in [1.29, 1.82) is 0 Å². The standard InChI is InChI=1S/C20H30N4O5S/c1-3-12(2)17(21)19(27)24-14(9-13-7-5-4-6-8-13)18(26)22-10-16(25)23-15(11-30)20(28)29/h4-8,12,14-15,17,30H,3,9-11,21H2,1-2H3,(H,22,26)(H,23,25)(H,24,27)(H,28,29). The highest BCUT2D eigenvalue weighted by Crippen LogP contribution is 2.08. The fourth-order valence-corrected chi connectivity index (χ4v) is 2.81. The summed E-state index contributed by atoms with van der Waals surface area (Å²) in [6, 6.07) is 6.23. The summed E-state index contributed by atoms with van der Waals surface area (Å²) in [6.07, 6.45) is 0.918. The zero-order chi connectivity index (χ0) is 22.7. The van der Waals surface area contributed by atoms with Crippen molar-refractivity contribution in [2.24, 2.45) is 11.7 Å². The second-order valence-corrected chi connectivity index (χ2v) is 7.39. The second kappa shape index (κ2) is 12.9. The summed E-state index contributed by atoms with van der Waals surface area (Å²) in [4.78, 5) is 48.0. The highest BCUT2D eigenvalue weighted by molar-refractivity contribution is 7.80. The fraction of sp³-hybridized carbons (Fsp3) is 0.500. The van der Waals surface area contributed by atoms with E-state index in [0.29, 0.717) is 6.42 Å². The van der Waals surface area contributed by atoms with E-state index < -0.39 is 48.4 Å². The lowest BCUT2D eigenvalue weighted by molar-refractivity contribution is -0.141. The Morgan fingerprint density at radius 1 is 1.07 bits per heavy atom. The van der Waals surface area contributed by atoms with Crippen LogP contribution >= 0.6 is 12.6 Å². The molecule has 0 bridgehead atoms. The number of amides is 3. The van der Waals surface area contributed by atoms with Gasteiger partial charge in [-0.05, 0) is 11.5 Å². The Bertz CT molecular complexity index is 731. The molecule has 30 heavy (non-hydrogen) atoms. The molecule has 0 fully saturated rings. The smallest absolute Gasteiger partial charge is 0.327 e. The van der Waals surface area contributed by atoms with E-state index in [1.807, 2.05) is 44.2 Å². The van der Waals surface area contributed by atoms with Gasteiger partial charge in [-0.3, -0.25) is 14.4 Å². The predicted octanol–water partition coefficient (Wildman–Crippen LogP) is -0.297. The van der Waals surface area contributed by atoms with Gasteiger partial charge in [-0.15, -0.1) is 0 Å². The Morgan fingerprint density at radius 2 is 1.70 bits per heavy atom. The Labute approximate surface area is 181 Å². The van der Waals surface area contributed by atoms with Crippen molar-refractivity contribution < 1.29 is 24.3 Å². The maximum Gasteiger partial charge on any atom is 0.327 e. The first kappa shape index (κ1) is 25.4. The molecule has 3 amide bonds. The molecule has 0 aliphatic heterocycles. The number of nitrogens with two attached hydrogens (primary N) is 1. The number of hydrogen-bond donors (Lipinski definition) is 6. The van der Waals surface area contributed by atoms with Crippen molar-refractivity contribution in [2.75, 3.05) is 12.3 Å². The van der Waals surface area contributed by atoms with Crippen LogP contribution in [0.3, 0.4) is 0 Å². The van der Waals surface area contributed by atoms with Crippen molar-refractivity contribution >= 4 is 36.3 Å². The number of benzene rings is 1. The lowest BCUT2D eigenvalue weighted by atomic mass is 9.98. The van der Waals surface area contributed by atoms with E-state index in [9.17, 15) is 19.2 Å². The van der Waals surface area contributed by atoms with Gasteiger partial charge in [0.25, 0.3) is 0 Å². The van der Waals surface area contributed by atoms with E-state index >= 15 is 0 Å². The lowest BCUT2D eigenvalue weighted by Crippen LogP contribution is -2.55. The van der Waals surface area contributed by atoms with Gasteiger partial charge in [0.2, 0.25) is 17.7 Å². The molecule has 9 nitrogen and oxygen atoms in total.